The maximum Gasteiger partial charge on any atom is 0.170 e. The van der Waals surface area contributed by atoms with Gasteiger partial charge in [0.25, 0.3) is 0 Å². The first-order valence-corrected chi connectivity index (χ1v) is 8.08. The third-order valence-corrected chi connectivity index (χ3v) is 4.52. The number of halogens is 1. The summed E-state index contributed by atoms with van der Waals surface area (Å²) in [5, 5.41) is 3.24. The van der Waals surface area contributed by atoms with E-state index in [2.05, 4.69) is 29.0 Å². The molecule has 2 rings (SSSR count). The Hall–Kier alpha value is -0.810. The fraction of sp³-hybridized carbons (Fsp3) is 0.643. The molecule has 1 saturated heterocycles. The Labute approximate surface area is 119 Å². The molecule has 1 N–H and O–H groups in total. The third kappa shape index (κ3) is 3.60. The minimum atomic E-state index is -0.162. The van der Waals surface area contributed by atoms with Crippen molar-refractivity contribution in [2.24, 2.45) is 0 Å². The van der Waals surface area contributed by atoms with Gasteiger partial charge < -0.3 is 10.2 Å². The standard InChI is InChI=1S/C14H22FN3S/c1-3-5-16-9-12-4-6-17-14(13(12)15)18-7-8-19-10-11(18)2/h4,6,11,16H,3,5,7-10H2,1-2H3. The number of aromatic nitrogens is 1. The van der Waals surface area contributed by atoms with E-state index in [4.69, 9.17) is 0 Å². The van der Waals surface area contributed by atoms with Crippen molar-refractivity contribution in [3.63, 3.8) is 0 Å². The second-order valence-corrected chi connectivity index (χ2v) is 6.05. The average Bonchev–Trinajstić information content (AvgIpc) is 2.42. The van der Waals surface area contributed by atoms with E-state index in [9.17, 15) is 4.39 Å². The first-order chi connectivity index (χ1) is 9.24. The lowest BCUT2D eigenvalue weighted by molar-refractivity contribution is 0.565. The molecule has 3 nitrogen and oxygen atoms in total. The number of hydrogen-bond acceptors (Lipinski definition) is 4. The van der Waals surface area contributed by atoms with Crippen LogP contribution in [-0.2, 0) is 6.54 Å². The number of hydrogen-bond donors (Lipinski definition) is 1. The lowest BCUT2D eigenvalue weighted by Gasteiger charge is -2.34. The normalized spacial score (nSPS) is 19.7. The van der Waals surface area contributed by atoms with Gasteiger partial charge in [0.1, 0.15) is 0 Å². The van der Waals surface area contributed by atoms with Gasteiger partial charge in [-0.1, -0.05) is 6.92 Å². The van der Waals surface area contributed by atoms with Crippen LogP contribution >= 0.6 is 11.8 Å². The van der Waals surface area contributed by atoms with Gasteiger partial charge in [0.15, 0.2) is 11.6 Å². The zero-order valence-electron chi connectivity index (χ0n) is 11.7. The number of anilines is 1. The van der Waals surface area contributed by atoms with Gasteiger partial charge in [0.2, 0.25) is 0 Å². The van der Waals surface area contributed by atoms with Crippen LogP contribution in [0.15, 0.2) is 12.3 Å². The molecular formula is C14H22FN3S. The molecule has 1 aliphatic rings. The quantitative estimate of drug-likeness (QED) is 0.841. The van der Waals surface area contributed by atoms with Gasteiger partial charge in [-0.3, -0.25) is 0 Å². The highest BCUT2D eigenvalue weighted by Crippen LogP contribution is 2.26. The predicted molar refractivity (Wildman–Crippen MR) is 80.3 cm³/mol. The van der Waals surface area contributed by atoms with Crippen molar-refractivity contribution >= 4 is 17.6 Å². The number of thioether (sulfide) groups is 1. The van der Waals surface area contributed by atoms with Crippen molar-refractivity contribution in [1.29, 1.82) is 0 Å². The number of nitrogens with zero attached hydrogens (tertiary/aromatic N) is 2. The van der Waals surface area contributed by atoms with Gasteiger partial charge in [0, 0.05) is 42.4 Å². The van der Waals surface area contributed by atoms with E-state index in [1.807, 2.05) is 11.8 Å². The molecule has 19 heavy (non-hydrogen) atoms. The Kier molecular flexibility index (Phi) is 5.45. The van der Waals surface area contributed by atoms with E-state index in [0.717, 1.165) is 31.0 Å². The van der Waals surface area contributed by atoms with E-state index >= 15 is 0 Å². The molecule has 5 heteroatoms. The summed E-state index contributed by atoms with van der Waals surface area (Å²) in [6, 6.07) is 2.12. The molecule has 0 bridgehead atoms. The molecule has 106 valence electrons. The van der Waals surface area contributed by atoms with Crippen LogP contribution in [0.2, 0.25) is 0 Å². The summed E-state index contributed by atoms with van der Waals surface area (Å²) in [7, 11) is 0. The Balaban J connectivity index is 2.14. The maximum atomic E-state index is 14.5. The van der Waals surface area contributed by atoms with Crippen LogP contribution in [0, 0.1) is 5.82 Å². The molecule has 2 heterocycles. The van der Waals surface area contributed by atoms with Crippen LogP contribution in [0.5, 0.6) is 0 Å². The molecule has 0 saturated carbocycles. The minimum absolute atomic E-state index is 0.162. The van der Waals surface area contributed by atoms with Crippen molar-refractivity contribution in [2.45, 2.75) is 32.9 Å². The maximum absolute atomic E-state index is 14.5. The molecule has 1 fully saturated rings. The fourth-order valence-corrected chi connectivity index (χ4v) is 3.26. The Bertz CT molecular complexity index is 414. The molecule has 0 aliphatic carbocycles. The monoisotopic (exact) mass is 283 g/mol. The number of rotatable bonds is 5. The molecule has 1 aromatic heterocycles. The molecule has 1 unspecified atom stereocenters. The van der Waals surface area contributed by atoms with Crippen molar-refractivity contribution < 1.29 is 4.39 Å². The summed E-state index contributed by atoms with van der Waals surface area (Å²) in [4.78, 5) is 6.35. The van der Waals surface area contributed by atoms with Crippen molar-refractivity contribution in [3.05, 3.63) is 23.6 Å². The Morgan fingerprint density at radius 3 is 3.16 bits per heavy atom. The lowest BCUT2D eigenvalue weighted by atomic mass is 10.2. The third-order valence-electron chi connectivity index (χ3n) is 3.33. The first-order valence-electron chi connectivity index (χ1n) is 6.92. The molecule has 0 amide bonds. The predicted octanol–water partition coefficient (Wildman–Crippen LogP) is 2.66. The van der Waals surface area contributed by atoms with Gasteiger partial charge in [-0.25, -0.2) is 9.37 Å². The van der Waals surface area contributed by atoms with Crippen molar-refractivity contribution in [2.75, 3.05) is 29.5 Å². The van der Waals surface area contributed by atoms with E-state index in [-0.39, 0.29) is 5.82 Å². The molecule has 0 spiro atoms. The van der Waals surface area contributed by atoms with Gasteiger partial charge >= 0.3 is 0 Å². The van der Waals surface area contributed by atoms with Crippen LogP contribution in [-0.4, -0.2) is 35.6 Å². The highest BCUT2D eigenvalue weighted by Gasteiger charge is 2.23. The second-order valence-electron chi connectivity index (χ2n) is 4.90. The molecule has 0 radical (unpaired) electrons. The van der Waals surface area contributed by atoms with Crippen molar-refractivity contribution in [1.82, 2.24) is 10.3 Å². The Morgan fingerprint density at radius 1 is 1.58 bits per heavy atom. The second kappa shape index (κ2) is 7.10. The molecular weight excluding hydrogens is 261 g/mol. The van der Waals surface area contributed by atoms with E-state index < -0.39 is 0 Å². The molecule has 0 aromatic carbocycles. The summed E-state index contributed by atoms with van der Waals surface area (Å²) in [6.45, 7) is 6.60. The number of pyridine rings is 1. The molecule has 1 aliphatic heterocycles. The largest absolute Gasteiger partial charge is 0.350 e. The van der Waals surface area contributed by atoms with Gasteiger partial charge in [-0.2, -0.15) is 11.8 Å². The molecule has 1 atom stereocenters. The summed E-state index contributed by atoms with van der Waals surface area (Å²) in [5.74, 6) is 2.44. The van der Waals surface area contributed by atoms with E-state index in [1.165, 1.54) is 0 Å². The highest BCUT2D eigenvalue weighted by atomic mass is 32.2. The lowest BCUT2D eigenvalue weighted by Crippen LogP contribution is -2.41. The topological polar surface area (TPSA) is 28.2 Å². The Morgan fingerprint density at radius 2 is 2.42 bits per heavy atom. The van der Waals surface area contributed by atoms with Crippen LogP contribution in [0.3, 0.4) is 0 Å². The van der Waals surface area contributed by atoms with Gasteiger partial charge in [-0.05, 0) is 26.0 Å². The summed E-state index contributed by atoms with van der Waals surface area (Å²) >= 11 is 1.92. The van der Waals surface area contributed by atoms with Crippen LogP contribution in [0.4, 0.5) is 10.2 Å². The van der Waals surface area contributed by atoms with Gasteiger partial charge in [0.05, 0.1) is 0 Å². The SMILES string of the molecule is CCCNCc1ccnc(N2CCSCC2C)c1F. The average molecular weight is 283 g/mol. The molecule has 1 aromatic rings. The van der Waals surface area contributed by atoms with Crippen LogP contribution < -0.4 is 10.2 Å². The zero-order valence-corrected chi connectivity index (χ0v) is 12.5. The van der Waals surface area contributed by atoms with Crippen molar-refractivity contribution in [3.8, 4) is 0 Å². The summed E-state index contributed by atoms with van der Waals surface area (Å²) in [6.07, 6.45) is 2.77. The first kappa shape index (κ1) is 14.6. The number of nitrogens with one attached hydrogen (secondary N) is 1. The van der Waals surface area contributed by atoms with Crippen LogP contribution in [0.1, 0.15) is 25.8 Å². The zero-order chi connectivity index (χ0) is 13.7. The van der Waals surface area contributed by atoms with Crippen LogP contribution in [0.25, 0.3) is 0 Å². The van der Waals surface area contributed by atoms with Gasteiger partial charge in [-0.15, -0.1) is 0 Å². The van der Waals surface area contributed by atoms with E-state index in [0.29, 0.717) is 24.0 Å². The minimum Gasteiger partial charge on any atom is -0.350 e. The van der Waals surface area contributed by atoms with E-state index in [1.54, 1.807) is 12.3 Å². The highest BCUT2D eigenvalue weighted by molar-refractivity contribution is 7.99. The summed E-state index contributed by atoms with van der Waals surface area (Å²) in [5.41, 5.74) is 0.712. The summed E-state index contributed by atoms with van der Waals surface area (Å²) < 4.78 is 14.5. The fourth-order valence-electron chi connectivity index (χ4n) is 2.25. The smallest absolute Gasteiger partial charge is 0.170 e.